The van der Waals surface area contributed by atoms with E-state index in [4.69, 9.17) is 9.47 Å². The molecule has 1 amide bonds. The zero-order valence-corrected chi connectivity index (χ0v) is 14.7. The van der Waals surface area contributed by atoms with Crippen molar-refractivity contribution >= 4 is 5.91 Å². The molecule has 1 unspecified atom stereocenters. The summed E-state index contributed by atoms with van der Waals surface area (Å²) in [6.07, 6.45) is 2.05. The van der Waals surface area contributed by atoms with Crippen LogP contribution < -0.4 is 14.8 Å². The van der Waals surface area contributed by atoms with Gasteiger partial charge in [-0.05, 0) is 42.7 Å². The molecule has 0 bridgehead atoms. The molecule has 27 heavy (non-hydrogen) atoms. The first-order valence-electron chi connectivity index (χ1n) is 8.77. The Morgan fingerprint density at radius 3 is 2.67 bits per heavy atom. The molecule has 2 aromatic rings. The molecule has 3 rings (SSSR count). The van der Waals surface area contributed by atoms with Crippen LogP contribution in [0.4, 0.5) is 8.78 Å². The van der Waals surface area contributed by atoms with Crippen molar-refractivity contribution in [1.29, 1.82) is 0 Å². The lowest BCUT2D eigenvalue weighted by atomic mass is 10.1. The lowest BCUT2D eigenvalue weighted by Crippen LogP contribution is -2.24. The second-order valence-electron chi connectivity index (χ2n) is 6.15. The van der Waals surface area contributed by atoms with Crippen molar-refractivity contribution in [2.45, 2.75) is 32.1 Å². The fraction of sp³-hybridized carbons (Fsp3) is 0.350. The van der Waals surface area contributed by atoms with Crippen molar-refractivity contribution in [2.75, 3.05) is 13.2 Å². The number of alkyl halides is 2. The maximum Gasteiger partial charge on any atom is 0.387 e. The number of rotatable bonds is 8. The summed E-state index contributed by atoms with van der Waals surface area (Å²) in [7, 11) is 0. The largest absolute Gasteiger partial charge is 0.490 e. The number of carbonyl (C=O) groups excluding carboxylic acids is 1. The lowest BCUT2D eigenvalue weighted by molar-refractivity contribution is -0.0498. The van der Waals surface area contributed by atoms with Crippen LogP contribution in [0.5, 0.6) is 11.5 Å². The maximum atomic E-state index is 12.5. The minimum absolute atomic E-state index is 0.0649. The molecule has 1 fully saturated rings. The van der Waals surface area contributed by atoms with Crippen LogP contribution in [-0.2, 0) is 11.3 Å². The number of ether oxygens (including phenoxy) is 3. The van der Waals surface area contributed by atoms with Crippen molar-refractivity contribution in [3.63, 3.8) is 0 Å². The number of nitrogens with one attached hydrogen (secondary N) is 1. The van der Waals surface area contributed by atoms with Gasteiger partial charge in [0.25, 0.3) is 5.91 Å². The number of para-hydroxylation sites is 1. The highest BCUT2D eigenvalue weighted by molar-refractivity contribution is 5.96. The molecule has 0 aliphatic carbocycles. The minimum Gasteiger partial charge on any atom is -0.490 e. The standard InChI is InChI=1S/C20H21F2NO4/c21-20(22)27-15-9-7-14(8-10-15)12-23-19(24)17-5-1-2-6-18(17)26-13-16-4-3-11-25-16/h1-2,5-10,16,20H,3-4,11-13H2,(H,23,24). The Bertz CT molecular complexity index is 746. The summed E-state index contributed by atoms with van der Waals surface area (Å²) >= 11 is 0. The second-order valence-corrected chi connectivity index (χ2v) is 6.15. The van der Waals surface area contributed by atoms with Gasteiger partial charge in [0.1, 0.15) is 18.1 Å². The van der Waals surface area contributed by atoms with Gasteiger partial charge in [0.05, 0.1) is 11.7 Å². The van der Waals surface area contributed by atoms with Gasteiger partial charge in [-0.3, -0.25) is 4.79 Å². The van der Waals surface area contributed by atoms with E-state index < -0.39 is 6.61 Å². The third-order valence-corrected chi connectivity index (χ3v) is 4.18. The number of carbonyl (C=O) groups is 1. The molecule has 1 aliphatic heterocycles. The number of amides is 1. The maximum absolute atomic E-state index is 12.5. The number of hydrogen-bond acceptors (Lipinski definition) is 4. The van der Waals surface area contributed by atoms with Gasteiger partial charge in [0.2, 0.25) is 0 Å². The van der Waals surface area contributed by atoms with Crippen molar-refractivity contribution in [1.82, 2.24) is 5.32 Å². The van der Waals surface area contributed by atoms with E-state index in [9.17, 15) is 13.6 Å². The third-order valence-electron chi connectivity index (χ3n) is 4.18. The van der Waals surface area contributed by atoms with Crippen LogP contribution in [0.25, 0.3) is 0 Å². The lowest BCUT2D eigenvalue weighted by Gasteiger charge is -2.14. The number of halogens is 2. The molecule has 5 nitrogen and oxygen atoms in total. The summed E-state index contributed by atoms with van der Waals surface area (Å²) in [5.74, 6) is 0.310. The molecule has 1 heterocycles. The van der Waals surface area contributed by atoms with Crippen molar-refractivity contribution < 1.29 is 27.8 Å². The highest BCUT2D eigenvalue weighted by atomic mass is 19.3. The van der Waals surface area contributed by atoms with Gasteiger partial charge in [-0.2, -0.15) is 8.78 Å². The molecule has 1 aliphatic rings. The summed E-state index contributed by atoms with van der Waals surface area (Å²) < 4.78 is 39.9. The third kappa shape index (κ3) is 5.65. The Morgan fingerprint density at radius 1 is 1.19 bits per heavy atom. The molecule has 144 valence electrons. The van der Waals surface area contributed by atoms with Crippen molar-refractivity contribution in [3.8, 4) is 11.5 Å². The summed E-state index contributed by atoms with van der Waals surface area (Å²) in [6.45, 7) is -1.44. The Kier molecular flexibility index (Phi) is 6.59. The Balaban J connectivity index is 1.55. The predicted octanol–water partition coefficient (Wildman–Crippen LogP) is 3.78. The fourth-order valence-corrected chi connectivity index (χ4v) is 2.80. The van der Waals surface area contributed by atoms with Gasteiger partial charge in [-0.15, -0.1) is 0 Å². The first-order valence-corrected chi connectivity index (χ1v) is 8.77. The fourth-order valence-electron chi connectivity index (χ4n) is 2.80. The van der Waals surface area contributed by atoms with Crippen LogP contribution in [-0.4, -0.2) is 31.8 Å². The van der Waals surface area contributed by atoms with E-state index in [-0.39, 0.29) is 24.3 Å². The van der Waals surface area contributed by atoms with Gasteiger partial charge >= 0.3 is 6.61 Å². The molecule has 0 saturated carbocycles. The van der Waals surface area contributed by atoms with E-state index >= 15 is 0 Å². The minimum atomic E-state index is -2.86. The summed E-state index contributed by atoms with van der Waals surface area (Å²) in [5, 5.41) is 2.80. The van der Waals surface area contributed by atoms with E-state index in [1.165, 1.54) is 12.1 Å². The van der Waals surface area contributed by atoms with Crippen LogP contribution >= 0.6 is 0 Å². The van der Waals surface area contributed by atoms with Gasteiger partial charge < -0.3 is 19.5 Å². The van der Waals surface area contributed by atoms with Crippen molar-refractivity contribution in [3.05, 3.63) is 59.7 Å². The Hall–Kier alpha value is -2.67. The zero-order chi connectivity index (χ0) is 19.1. The SMILES string of the molecule is O=C(NCc1ccc(OC(F)F)cc1)c1ccccc1OCC1CCCO1. The monoisotopic (exact) mass is 377 g/mol. The molecule has 0 radical (unpaired) electrons. The summed E-state index contributed by atoms with van der Waals surface area (Å²) in [6, 6.07) is 13.1. The average molecular weight is 377 g/mol. The van der Waals surface area contributed by atoms with Crippen LogP contribution in [0.3, 0.4) is 0 Å². The summed E-state index contributed by atoms with van der Waals surface area (Å²) in [4.78, 5) is 12.5. The molecule has 1 atom stereocenters. The van der Waals surface area contributed by atoms with Gasteiger partial charge in [-0.25, -0.2) is 0 Å². The normalized spacial score (nSPS) is 16.3. The molecule has 1 saturated heterocycles. The van der Waals surface area contributed by atoms with Crippen LogP contribution in [0, 0.1) is 0 Å². The topological polar surface area (TPSA) is 56.8 Å². The molecule has 7 heteroatoms. The Morgan fingerprint density at radius 2 is 1.96 bits per heavy atom. The van der Waals surface area contributed by atoms with Gasteiger partial charge in [-0.1, -0.05) is 24.3 Å². The van der Waals surface area contributed by atoms with Gasteiger partial charge in [0.15, 0.2) is 0 Å². The smallest absolute Gasteiger partial charge is 0.387 e. The van der Waals surface area contributed by atoms with E-state index in [1.807, 2.05) is 6.07 Å². The quantitative estimate of drug-likeness (QED) is 0.761. The number of hydrogen-bond donors (Lipinski definition) is 1. The van der Waals surface area contributed by atoms with Gasteiger partial charge in [0, 0.05) is 13.2 Å². The van der Waals surface area contributed by atoms with E-state index in [1.54, 1.807) is 30.3 Å². The second kappa shape index (κ2) is 9.32. The first-order chi connectivity index (χ1) is 13.1. The first kappa shape index (κ1) is 19.1. The van der Waals surface area contributed by atoms with Crippen LogP contribution in [0.15, 0.2) is 48.5 Å². The number of benzene rings is 2. The molecule has 0 aromatic heterocycles. The average Bonchev–Trinajstić information content (AvgIpc) is 3.19. The zero-order valence-electron chi connectivity index (χ0n) is 14.7. The predicted molar refractivity (Wildman–Crippen MR) is 95.2 cm³/mol. The van der Waals surface area contributed by atoms with Crippen molar-refractivity contribution in [2.24, 2.45) is 0 Å². The highest BCUT2D eigenvalue weighted by Gasteiger charge is 2.18. The molecule has 1 N–H and O–H groups in total. The van der Waals surface area contributed by atoms with E-state index in [0.29, 0.717) is 17.9 Å². The summed E-state index contributed by atoms with van der Waals surface area (Å²) in [5.41, 5.74) is 1.20. The molecular weight excluding hydrogens is 356 g/mol. The van der Waals surface area contributed by atoms with Crippen LogP contribution in [0.1, 0.15) is 28.8 Å². The Labute approximate surface area is 156 Å². The van der Waals surface area contributed by atoms with Crippen LogP contribution in [0.2, 0.25) is 0 Å². The molecule has 2 aromatic carbocycles. The highest BCUT2D eigenvalue weighted by Crippen LogP contribution is 2.21. The molecule has 0 spiro atoms. The van der Waals surface area contributed by atoms with E-state index in [2.05, 4.69) is 10.1 Å². The molecular formula is C20H21F2NO4. The van der Waals surface area contributed by atoms with E-state index in [0.717, 1.165) is 25.0 Å².